The number of rotatable bonds is 4. The highest BCUT2D eigenvalue weighted by Crippen LogP contribution is 2.22. The molecule has 19 heavy (non-hydrogen) atoms. The quantitative estimate of drug-likeness (QED) is 0.838. The van der Waals surface area contributed by atoms with Crippen LogP contribution in [-0.4, -0.2) is 12.5 Å². The zero-order chi connectivity index (χ0) is 13.8. The molecule has 6 heteroatoms. The van der Waals surface area contributed by atoms with Crippen LogP contribution >= 0.6 is 27.3 Å². The van der Waals surface area contributed by atoms with Crippen LogP contribution in [0.15, 0.2) is 34.1 Å². The van der Waals surface area contributed by atoms with Gasteiger partial charge in [-0.05, 0) is 52.7 Å². The molecule has 100 valence electrons. The maximum absolute atomic E-state index is 13.5. The molecule has 0 saturated heterocycles. The van der Waals surface area contributed by atoms with E-state index in [2.05, 4.69) is 21.2 Å². The van der Waals surface area contributed by atoms with Crippen LogP contribution in [0.1, 0.15) is 15.2 Å². The van der Waals surface area contributed by atoms with E-state index in [0.717, 1.165) is 21.2 Å². The molecule has 1 aromatic heterocycles. The average molecular weight is 343 g/mol. The smallest absolute Gasteiger partial charge is 0.254 e. The lowest BCUT2D eigenvalue weighted by Crippen LogP contribution is -2.26. The first-order valence-electron chi connectivity index (χ1n) is 5.63. The van der Waals surface area contributed by atoms with Gasteiger partial charge in [0.25, 0.3) is 5.91 Å². The summed E-state index contributed by atoms with van der Waals surface area (Å²) < 4.78 is 14.6. The molecule has 0 bridgehead atoms. The van der Waals surface area contributed by atoms with Gasteiger partial charge in [-0.2, -0.15) is 0 Å². The highest BCUT2D eigenvalue weighted by atomic mass is 79.9. The van der Waals surface area contributed by atoms with Crippen molar-refractivity contribution in [1.82, 2.24) is 5.32 Å². The summed E-state index contributed by atoms with van der Waals surface area (Å²) in [5, 5.41) is 2.69. The third-order valence-corrected chi connectivity index (χ3v) is 4.21. The van der Waals surface area contributed by atoms with Crippen molar-refractivity contribution in [3.63, 3.8) is 0 Å². The zero-order valence-electron chi connectivity index (χ0n) is 9.95. The molecule has 0 saturated carbocycles. The molecule has 3 nitrogen and oxygen atoms in total. The molecule has 0 atom stereocenters. The Hall–Kier alpha value is -1.40. The van der Waals surface area contributed by atoms with Gasteiger partial charge in [0.1, 0.15) is 5.82 Å². The number of anilines is 1. The molecule has 0 aliphatic heterocycles. The van der Waals surface area contributed by atoms with Gasteiger partial charge in [-0.25, -0.2) is 4.39 Å². The van der Waals surface area contributed by atoms with E-state index in [4.69, 9.17) is 5.73 Å². The topological polar surface area (TPSA) is 55.1 Å². The van der Waals surface area contributed by atoms with E-state index >= 15 is 0 Å². The molecule has 0 spiro atoms. The van der Waals surface area contributed by atoms with E-state index in [9.17, 15) is 9.18 Å². The van der Waals surface area contributed by atoms with Crippen molar-refractivity contribution in [2.24, 2.45) is 0 Å². The van der Waals surface area contributed by atoms with Crippen LogP contribution in [0.3, 0.4) is 0 Å². The molecule has 2 rings (SSSR count). The largest absolute Gasteiger partial charge is 0.399 e. The van der Waals surface area contributed by atoms with Gasteiger partial charge in [0.15, 0.2) is 0 Å². The lowest BCUT2D eigenvalue weighted by Gasteiger charge is -2.05. The zero-order valence-corrected chi connectivity index (χ0v) is 12.4. The van der Waals surface area contributed by atoms with Crippen molar-refractivity contribution in [2.75, 3.05) is 12.3 Å². The Morgan fingerprint density at radius 3 is 2.79 bits per heavy atom. The number of carbonyl (C=O) groups is 1. The Morgan fingerprint density at radius 1 is 1.37 bits per heavy atom. The highest BCUT2D eigenvalue weighted by Gasteiger charge is 2.11. The van der Waals surface area contributed by atoms with Crippen molar-refractivity contribution in [3.05, 3.63) is 50.4 Å². The predicted octanol–water partition coefficient (Wildman–Crippen LogP) is 3.20. The average Bonchev–Trinajstić information content (AvgIpc) is 2.75. The van der Waals surface area contributed by atoms with Crippen molar-refractivity contribution < 1.29 is 9.18 Å². The number of nitrogens with one attached hydrogen (secondary N) is 1. The molecule has 1 amide bonds. The van der Waals surface area contributed by atoms with E-state index in [1.165, 1.54) is 12.1 Å². The maximum Gasteiger partial charge on any atom is 0.254 e. The normalized spacial score (nSPS) is 10.4. The first kappa shape index (κ1) is 14.0. The van der Waals surface area contributed by atoms with Crippen LogP contribution in [-0.2, 0) is 6.42 Å². The minimum absolute atomic E-state index is 0.0153. The fraction of sp³-hybridized carbons (Fsp3) is 0.154. The first-order valence-corrected chi connectivity index (χ1v) is 7.24. The summed E-state index contributed by atoms with van der Waals surface area (Å²) in [6.07, 6.45) is 0.721. The van der Waals surface area contributed by atoms with Crippen LogP contribution in [0.25, 0.3) is 0 Å². The van der Waals surface area contributed by atoms with Crippen LogP contribution in [0.4, 0.5) is 10.1 Å². The van der Waals surface area contributed by atoms with Crippen molar-refractivity contribution >= 4 is 38.9 Å². The third-order valence-electron chi connectivity index (χ3n) is 2.52. The number of benzene rings is 1. The van der Waals surface area contributed by atoms with Gasteiger partial charge < -0.3 is 11.1 Å². The summed E-state index contributed by atoms with van der Waals surface area (Å²) in [7, 11) is 0. The van der Waals surface area contributed by atoms with E-state index < -0.39 is 11.7 Å². The molecule has 0 fully saturated rings. The summed E-state index contributed by atoms with van der Waals surface area (Å²) in [5.41, 5.74) is 5.75. The third kappa shape index (κ3) is 3.78. The number of hydrogen-bond donors (Lipinski definition) is 2. The monoisotopic (exact) mass is 342 g/mol. The molecule has 3 N–H and O–H groups in total. The maximum atomic E-state index is 13.5. The van der Waals surface area contributed by atoms with E-state index in [0.29, 0.717) is 12.2 Å². The summed E-state index contributed by atoms with van der Waals surface area (Å²) in [5.74, 6) is -1.02. The van der Waals surface area contributed by atoms with Crippen LogP contribution < -0.4 is 11.1 Å². The van der Waals surface area contributed by atoms with Crippen LogP contribution in [0.5, 0.6) is 0 Å². The molecule has 0 unspecified atom stereocenters. The minimum atomic E-state index is -0.601. The van der Waals surface area contributed by atoms with Crippen molar-refractivity contribution in [2.45, 2.75) is 6.42 Å². The van der Waals surface area contributed by atoms with Crippen LogP contribution in [0, 0.1) is 5.82 Å². The standard InChI is InChI=1S/C13H12BrFN2OS/c14-12-4-2-9(19-12)5-6-17-13(18)10-3-1-8(16)7-11(10)15/h1-4,7H,5-6,16H2,(H,17,18). The molecule has 1 aromatic carbocycles. The minimum Gasteiger partial charge on any atom is -0.399 e. The summed E-state index contributed by atoms with van der Waals surface area (Å²) in [6.45, 7) is 0.468. The molecule has 2 aromatic rings. The number of nitrogens with two attached hydrogens (primary N) is 1. The molecular formula is C13H12BrFN2OS. The van der Waals surface area contributed by atoms with Gasteiger partial charge in [0.05, 0.1) is 9.35 Å². The van der Waals surface area contributed by atoms with Gasteiger partial charge in [-0.3, -0.25) is 4.79 Å². The van der Waals surface area contributed by atoms with Crippen molar-refractivity contribution in [1.29, 1.82) is 0 Å². The Kier molecular flexibility index (Phi) is 4.55. The van der Waals surface area contributed by atoms with Gasteiger partial charge in [0.2, 0.25) is 0 Å². The Bertz CT molecular complexity index is 600. The fourth-order valence-electron chi connectivity index (χ4n) is 1.60. The van der Waals surface area contributed by atoms with E-state index in [1.54, 1.807) is 11.3 Å². The number of amides is 1. The molecule has 1 heterocycles. The SMILES string of the molecule is Nc1ccc(C(=O)NCCc2ccc(Br)s2)c(F)c1. The summed E-state index contributed by atoms with van der Waals surface area (Å²) in [4.78, 5) is 12.9. The number of thiophene rings is 1. The number of hydrogen-bond acceptors (Lipinski definition) is 3. The van der Waals surface area contributed by atoms with E-state index in [-0.39, 0.29) is 5.56 Å². The van der Waals surface area contributed by atoms with Crippen molar-refractivity contribution in [3.8, 4) is 0 Å². The fourth-order valence-corrected chi connectivity index (χ4v) is 3.08. The second-order valence-electron chi connectivity index (χ2n) is 3.95. The van der Waals surface area contributed by atoms with Gasteiger partial charge >= 0.3 is 0 Å². The Balaban J connectivity index is 1.90. The van der Waals surface area contributed by atoms with Crippen LogP contribution in [0.2, 0.25) is 0 Å². The lowest BCUT2D eigenvalue weighted by atomic mass is 10.2. The van der Waals surface area contributed by atoms with Gasteiger partial charge in [-0.15, -0.1) is 11.3 Å². The number of nitrogen functional groups attached to an aromatic ring is 1. The molecule has 0 radical (unpaired) electrons. The predicted molar refractivity (Wildman–Crippen MR) is 78.9 cm³/mol. The molecule has 0 aliphatic rings. The van der Waals surface area contributed by atoms with Gasteiger partial charge in [-0.1, -0.05) is 0 Å². The summed E-state index contributed by atoms with van der Waals surface area (Å²) >= 11 is 4.99. The Morgan fingerprint density at radius 2 is 2.16 bits per heavy atom. The number of carbonyl (C=O) groups excluding carboxylic acids is 1. The summed E-state index contributed by atoms with van der Waals surface area (Å²) in [6, 6.07) is 7.99. The number of halogens is 2. The second kappa shape index (κ2) is 6.16. The van der Waals surface area contributed by atoms with Gasteiger partial charge in [0, 0.05) is 17.1 Å². The second-order valence-corrected chi connectivity index (χ2v) is 6.50. The van der Waals surface area contributed by atoms with E-state index in [1.807, 2.05) is 12.1 Å². The molecular weight excluding hydrogens is 331 g/mol. The highest BCUT2D eigenvalue weighted by molar-refractivity contribution is 9.11. The Labute approximate surface area is 122 Å². The molecule has 0 aliphatic carbocycles. The first-order chi connectivity index (χ1) is 9.06. The lowest BCUT2D eigenvalue weighted by molar-refractivity contribution is 0.0950.